The van der Waals surface area contributed by atoms with Crippen molar-refractivity contribution in [3.8, 4) is 0 Å². The zero-order valence-corrected chi connectivity index (χ0v) is 13.7. The van der Waals surface area contributed by atoms with Gasteiger partial charge in [0.25, 0.3) is 0 Å². The molecule has 0 aliphatic carbocycles. The molecular weight excluding hydrogens is 343 g/mol. The highest BCUT2D eigenvalue weighted by atomic mass is 19.1. The smallest absolute Gasteiger partial charge is 0.338 e. The van der Waals surface area contributed by atoms with Gasteiger partial charge in [-0.25, -0.2) is 14.0 Å². The largest absolute Gasteiger partial charge is 0.459 e. The van der Waals surface area contributed by atoms with Crippen molar-refractivity contribution in [2.75, 3.05) is 6.61 Å². The summed E-state index contributed by atoms with van der Waals surface area (Å²) in [5.74, 6) is -1.38. The fourth-order valence-corrected chi connectivity index (χ4v) is 2.56. The number of benzene rings is 2. The second kappa shape index (κ2) is 8.07. The Hall–Kier alpha value is -2.77. The highest BCUT2D eigenvalue weighted by Crippen LogP contribution is 2.26. The summed E-state index contributed by atoms with van der Waals surface area (Å²) >= 11 is 0. The quantitative estimate of drug-likeness (QED) is 0.823. The highest BCUT2D eigenvalue weighted by molar-refractivity contribution is 5.90. The lowest BCUT2D eigenvalue weighted by molar-refractivity contribution is -0.122. The lowest BCUT2D eigenvalue weighted by Crippen LogP contribution is -2.37. The minimum Gasteiger partial charge on any atom is -0.459 e. The van der Waals surface area contributed by atoms with Crippen LogP contribution in [-0.2, 0) is 14.2 Å². The molecule has 1 fully saturated rings. The van der Waals surface area contributed by atoms with Crippen molar-refractivity contribution in [3.05, 3.63) is 71.8 Å². The number of hydrogen-bond donors (Lipinski definition) is 1. The van der Waals surface area contributed by atoms with E-state index in [0.29, 0.717) is 5.56 Å². The van der Waals surface area contributed by atoms with Gasteiger partial charge in [0.05, 0.1) is 11.1 Å². The third-order valence-corrected chi connectivity index (χ3v) is 3.91. The SMILES string of the molecule is O=C(OCC1O[C@H](O)[C@@H](F)C1OC(=O)c1ccccc1)c1ccccc1. The average Bonchev–Trinajstić information content (AvgIpc) is 2.95. The van der Waals surface area contributed by atoms with Crippen LogP contribution in [0, 0.1) is 0 Å². The fourth-order valence-electron chi connectivity index (χ4n) is 2.56. The van der Waals surface area contributed by atoms with Gasteiger partial charge in [-0.2, -0.15) is 0 Å². The van der Waals surface area contributed by atoms with Crippen LogP contribution in [0.4, 0.5) is 4.39 Å². The number of aliphatic hydroxyl groups excluding tert-OH is 1. The number of alkyl halides is 1. The summed E-state index contributed by atoms with van der Waals surface area (Å²) in [5, 5.41) is 9.58. The van der Waals surface area contributed by atoms with Crippen LogP contribution in [0.3, 0.4) is 0 Å². The number of carbonyl (C=O) groups excluding carboxylic acids is 2. The molecule has 1 aliphatic rings. The summed E-state index contributed by atoms with van der Waals surface area (Å²) in [5.41, 5.74) is 0.557. The van der Waals surface area contributed by atoms with E-state index in [2.05, 4.69) is 0 Å². The van der Waals surface area contributed by atoms with E-state index < -0.39 is 36.6 Å². The minimum absolute atomic E-state index is 0.237. The van der Waals surface area contributed by atoms with Crippen molar-refractivity contribution in [2.45, 2.75) is 24.7 Å². The third-order valence-electron chi connectivity index (χ3n) is 3.91. The second-order valence-corrected chi connectivity index (χ2v) is 5.71. The van der Waals surface area contributed by atoms with E-state index in [-0.39, 0.29) is 12.2 Å². The molecule has 2 aromatic rings. The molecule has 0 aromatic heterocycles. The number of aliphatic hydroxyl groups is 1. The van der Waals surface area contributed by atoms with Crippen LogP contribution in [0.1, 0.15) is 20.7 Å². The van der Waals surface area contributed by atoms with Gasteiger partial charge < -0.3 is 19.3 Å². The molecule has 6 nitrogen and oxygen atoms in total. The van der Waals surface area contributed by atoms with Crippen LogP contribution in [-0.4, -0.2) is 48.3 Å². The van der Waals surface area contributed by atoms with Crippen LogP contribution in [0.2, 0.25) is 0 Å². The van der Waals surface area contributed by atoms with E-state index >= 15 is 0 Å². The third kappa shape index (κ3) is 4.07. The van der Waals surface area contributed by atoms with Crippen molar-refractivity contribution >= 4 is 11.9 Å². The van der Waals surface area contributed by atoms with Gasteiger partial charge in [-0.3, -0.25) is 0 Å². The highest BCUT2D eigenvalue weighted by Gasteiger charge is 2.47. The van der Waals surface area contributed by atoms with E-state index in [9.17, 15) is 19.1 Å². The zero-order valence-electron chi connectivity index (χ0n) is 13.7. The van der Waals surface area contributed by atoms with Crippen molar-refractivity contribution in [1.29, 1.82) is 0 Å². The molecule has 0 radical (unpaired) electrons. The first-order chi connectivity index (χ1) is 12.6. The van der Waals surface area contributed by atoms with Gasteiger partial charge in [0.2, 0.25) is 0 Å². The fraction of sp³-hybridized carbons (Fsp3) is 0.263. The standard InChI is InChI=1S/C19H17FO6/c20-15-16(26-18(22)13-9-5-2-6-10-13)14(25-19(15)23)11-24-17(21)12-7-3-1-4-8-12/h1-10,14-16,19,23H,11H2/t14?,15-,16?,19-/m0/s1. The first kappa shape index (κ1) is 18.0. The summed E-state index contributed by atoms with van der Waals surface area (Å²) in [6, 6.07) is 16.3. The molecule has 1 heterocycles. The molecule has 0 spiro atoms. The van der Waals surface area contributed by atoms with Crippen molar-refractivity contribution in [2.24, 2.45) is 0 Å². The summed E-state index contributed by atoms with van der Waals surface area (Å²) in [4.78, 5) is 24.1. The molecule has 1 N–H and O–H groups in total. The predicted molar refractivity (Wildman–Crippen MR) is 88.1 cm³/mol. The van der Waals surface area contributed by atoms with Gasteiger partial charge in [0.1, 0.15) is 12.7 Å². The van der Waals surface area contributed by atoms with Crippen LogP contribution in [0.25, 0.3) is 0 Å². The van der Waals surface area contributed by atoms with Gasteiger partial charge in [-0.1, -0.05) is 36.4 Å². The predicted octanol–water partition coefficient (Wildman–Crippen LogP) is 2.12. The van der Waals surface area contributed by atoms with Gasteiger partial charge in [-0.05, 0) is 24.3 Å². The van der Waals surface area contributed by atoms with E-state index in [1.807, 2.05) is 0 Å². The number of ether oxygens (including phenoxy) is 3. The minimum atomic E-state index is -1.94. The molecular formula is C19H17FO6. The number of rotatable bonds is 5. The Bertz CT molecular complexity index is 751. The Balaban J connectivity index is 1.63. The molecule has 2 aromatic carbocycles. The number of hydrogen-bond acceptors (Lipinski definition) is 6. The normalized spacial score (nSPS) is 24.8. The number of esters is 2. The lowest BCUT2D eigenvalue weighted by atomic mass is 10.1. The Morgan fingerprint density at radius 1 is 0.962 bits per heavy atom. The number of halogens is 1. The Morgan fingerprint density at radius 3 is 2.08 bits per heavy atom. The Kier molecular flexibility index (Phi) is 5.60. The first-order valence-electron chi connectivity index (χ1n) is 8.02. The number of carbonyl (C=O) groups is 2. The van der Waals surface area contributed by atoms with Gasteiger partial charge in [-0.15, -0.1) is 0 Å². The van der Waals surface area contributed by atoms with E-state index in [1.54, 1.807) is 48.5 Å². The van der Waals surface area contributed by atoms with Crippen molar-refractivity contribution in [1.82, 2.24) is 0 Å². The summed E-state index contributed by atoms with van der Waals surface area (Å²) in [6.45, 7) is -0.363. The maximum atomic E-state index is 14.2. The maximum absolute atomic E-state index is 14.2. The van der Waals surface area contributed by atoms with Gasteiger partial charge >= 0.3 is 11.9 Å². The van der Waals surface area contributed by atoms with E-state index in [1.165, 1.54) is 12.1 Å². The van der Waals surface area contributed by atoms with E-state index in [0.717, 1.165) is 0 Å². The molecule has 26 heavy (non-hydrogen) atoms. The molecule has 1 saturated heterocycles. The Labute approximate surface area is 149 Å². The van der Waals surface area contributed by atoms with Crippen LogP contribution >= 0.6 is 0 Å². The lowest BCUT2D eigenvalue weighted by Gasteiger charge is -2.19. The van der Waals surface area contributed by atoms with Crippen molar-refractivity contribution < 1.29 is 33.3 Å². The molecule has 0 saturated carbocycles. The van der Waals surface area contributed by atoms with Gasteiger partial charge in [0.15, 0.2) is 18.6 Å². The maximum Gasteiger partial charge on any atom is 0.338 e. The van der Waals surface area contributed by atoms with Gasteiger partial charge in [0, 0.05) is 0 Å². The summed E-state index contributed by atoms with van der Waals surface area (Å²) in [6.07, 6.45) is -6.20. The average molecular weight is 360 g/mol. The van der Waals surface area contributed by atoms with E-state index in [4.69, 9.17) is 14.2 Å². The molecule has 0 amide bonds. The molecule has 136 valence electrons. The molecule has 7 heteroatoms. The van der Waals surface area contributed by atoms with Crippen LogP contribution in [0.5, 0.6) is 0 Å². The molecule has 4 atom stereocenters. The van der Waals surface area contributed by atoms with Crippen LogP contribution < -0.4 is 0 Å². The first-order valence-corrected chi connectivity index (χ1v) is 8.02. The topological polar surface area (TPSA) is 82.1 Å². The summed E-state index contributed by atoms with van der Waals surface area (Å²) in [7, 11) is 0. The van der Waals surface area contributed by atoms with Crippen molar-refractivity contribution in [3.63, 3.8) is 0 Å². The molecule has 2 unspecified atom stereocenters. The monoisotopic (exact) mass is 360 g/mol. The molecule has 0 bridgehead atoms. The summed E-state index contributed by atoms with van der Waals surface area (Å²) < 4.78 is 29.4. The molecule has 1 aliphatic heterocycles. The van der Waals surface area contributed by atoms with Crippen LogP contribution in [0.15, 0.2) is 60.7 Å². The Morgan fingerprint density at radius 2 is 1.50 bits per heavy atom. The second-order valence-electron chi connectivity index (χ2n) is 5.71. The zero-order chi connectivity index (χ0) is 18.5. The molecule has 3 rings (SSSR count).